The highest BCUT2D eigenvalue weighted by molar-refractivity contribution is 5.80. The summed E-state index contributed by atoms with van der Waals surface area (Å²) in [6, 6.07) is 0. The summed E-state index contributed by atoms with van der Waals surface area (Å²) in [6.07, 6.45) is 44.7. The Morgan fingerprint density at radius 2 is 0.878 bits per heavy atom. The van der Waals surface area contributed by atoms with E-state index in [0.717, 1.165) is 64.2 Å². The zero-order valence-electron chi connectivity index (χ0n) is 32.6. The molecule has 0 aliphatic carbocycles. The third-order valence-corrected chi connectivity index (χ3v) is 9.69. The topological polar surface area (TPSA) is 92.7 Å². The zero-order chi connectivity index (χ0) is 35.9. The van der Waals surface area contributed by atoms with Gasteiger partial charge in [0.25, 0.3) is 0 Å². The fraction of sp³-hybridized carbons (Fsp3) is 0.884. The van der Waals surface area contributed by atoms with E-state index in [1.165, 1.54) is 141 Å². The number of carbonyl (C=O) groups is 3. The lowest BCUT2D eigenvalue weighted by molar-refractivity contribution is -0.150. The van der Waals surface area contributed by atoms with Crippen molar-refractivity contribution in [3.05, 3.63) is 12.2 Å². The quantitative estimate of drug-likeness (QED) is 0.0380. The first-order valence-corrected chi connectivity index (χ1v) is 21.3. The van der Waals surface area contributed by atoms with Crippen molar-refractivity contribution >= 4 is 17.8 Å². The second kappa shape index (κ2) is 38.9. The van der Waals surface area contributed by atoms with E-state index in [0.29, 0.717) is 12.8 Å². The lowest BCUT2D eigenvalue weighted by atomic mass is 10.0. The van der Waals surface area contributed by atoms with Crippen LogP contribution in [-0.2, 0) is 19.1 Å². The fourth-order valence-electron chi connectivity index (χ4n) is 6.51. The standard InChI is InChI=1S/C43H81NO5/c1-3-5-7-9-11-13-15-16-17-18-19-21-23-25-30-34-38-43(48)49-40(35-31-27-24-22-20-14-12-10-8-6-4-2)36-32-28-26-29-33-37-41(45)44-39-42(46)47/h17-18,40H,3-16,19-39H2,1-2H3,(H,44,45)(H,46,47)/b18-17-. The van der Waals surface area contributed by atoms with Gasteiger partial charge in [0.15, 0.2) is 0 Å². The first-order valence-electron chi connectivity index (χ1n) is 21.3. The highest BCUT2D eigenvalue weighted by Crippen LogP contribution is 2.19. The molecule has 0 spiro atoms. The molecule has 0 heterocycles. The number of amides is 1. The van der Waals surface area contributed by atoms with Crippen molar-refractivity contribution in [3.63, 3.8) is 0 Å². The molecule has 49 heavy (non-hydrogen) atoms. The lowest BCUT2D eigenvalue weighted by Gasteiger charge is -2.18. The molecule has 0 saturated carbocycles. The minimum atomic E-state index is -1.01. The van der Waals surface area contributed by atoms with Gasteiger partial charge in [-0.3, -0.25) is 14.4 Å². The summed E-state index contributed by atoms with van der Waals surface area (Å²) in [5.74, 6) is -1.23. The molecular weight excluding hydrogens is 610 g/mol. The maximum Gasteiger partial charge on any atom is 0.322 e. The van der Waals surface area contributed by atoms with Crippen molar-refractivity contribution in [1.82, 2.24) is 5.32 Å². The highest BCUT2D eigenvalue weighted by atomic mass is 16.5. The van der Waals surface area contributed by atoms with E-state index in [9.17, 15) is 14.4 Å². The van der Waals surface area contributed by atoms with Gasteiger partial charge in [-0.25, -0.2) is 0 Å². The van der Waals surface area contributed by atoms with E-state index >= 15 is 0 Å². The molecule has 0 saturated heterocycles. The van der Waals surface area contributed by atoms with Gasteiger partial charge in [-0.05, 0) is 64.2 Å². The SMILES string of the molecule is CCCCCCCCC/C=C\CCCCCCCC(=O)OC(CCCCCCCCCCCCC)CCCCCCCC(=O)NCC(=O)O. The normalized spacial score (nSPS) is 12.0. The maximum absolute atomic E-state index is 12.7. The summed E-state index contributed by atoms with van der Waals surface area (Å²) >= 11 is 0. The van der Waals surface area contributed by atoms with Gasteiger partial charge in [0, 0.05) is 12.8 Å². The molecule has 1 amide bonds. The number of ether oxygens (including phenoxy) is 1. The van der Waals surface area contributed by atoms with Crippen LogP contribution in [0.3, 0.4) is 0 Å². The van der Waals surface area contributed by atoms with Gasteiger partial charge >= 0.3 is 11.9 Å². The predicted octanol–water partition coefficient (Wildman–Crippen LogP) is 13.0. The van der Waals surface area contributed by atoms with Gasteiger partial charge < -0.3 is 15.2 Å². The third-order valence-electron chi connectivity index (χ3n) is 9.69. The Kier molecular flexibility index (Phi) is 37.5. The van der Waals surface area contributed by atoms with Gasteiger partial charge in [0.1, 0.15) is 12.6 Å². The van der Waals surface area contributed by atoms with E-state index in [-0.39, 0.29) is 24.5 Å². The molecular formula is C43H81NO5. The average molecular weight is 692 g/mol. The molecule has 0 fully saturated rings. The number of carbonyl (C=O) groups excluding carboxylic acids is 2. The number of hydrogen-bond donors (Lipinski definition) is 2. The molecule has 0 rings (SSSR count). The number of allylic oxidation sites excluding steroid dienone is 2. The second-order valence-corrected chi connectivity index (χ2v) is 14.6. The number of aliphatic carboxylic acids is 1. The molecule has 1 atom stereocenters. The summed E-state index contributed by atoms with van der Waals surface area (Å²) in [4.78, 5) is 35.0. The minimum absolute atomic E-state index is 0.0197. The van der Waals surface area contributed by atoms with E-state index in [1.54, 1.807) is 0 Å². The van der Waals surface area contributed by atoms with E-state index in [1.807, 2.05) is 0 Å². The summed E-state index contributed by atoms with van der Waals surface area (Å²) in [6.45, 7) is 4.23. The zero-order valence-corrected chi connectivity index (χ0v) is 32.6. The van der Waals surface area contributed by atoms with Crippen LogP contribution in [0.1, 0.15) is 232 Å². The summed E-state index contributed by atoms with van der Waals surface area (Å²) in [7, 11) is 0. The smallest absolute Gasteiger partial charge is 0.322 e. The van der Waals surface area contributed by atoms with Gasteiger partial charge in [0.2, 0.25) is 5.91 Å². The Labute approximate surface area is 303 Å². The molecule has 0 aromatic heterocycles. The van der Waals surface area contributed by atoms with Gasteiger partial charge in [0.05, 0.1) is 0 Å². The molecule has 6 heteroatoms. The van der Waals surface area contributed by atoms with Crippen LogP contribution in [0.4, 0.5) is 0 Å². The number of nitrogens with one attached hydrogen (secondary N) is 1. The first kappa shape index (κ1) is 47.1. The third kappa shape index (κ3) is 38.8. The minimum Gasteiger partial charge on any atom is -0.480 e. The molecule has 6 nitrogen and oxygen atoms in total. The van der Waals surface area contributed by atoms with E-state index in [4.69, 9.17) is 9.84 Å². The number of unbranched alkanes of at least 4 members (excludes halogenated alkanes) is 26. The summed E-state index contributed by atoms with van der Waals surface area (Å²) < 4.78 is 6.02. The van der Waals surface area contributed by atoms with Gasteiger partial charge in [-0.15, -0.1) is 0 Å². The van der Waals surface area contributed by atoms with Crippen molar-refractivity contribution in [2.24, 2.45) is 0 Å². The van der Waals surface area contributed by atoms with Crippen LogP contribution in [0.15, 0.2) is 12.2 Å². The molecule has 2 N–H and O–H groups in total. The summed E-state index contributed by atoms with van der Waals surface area (Å²) in [5.41, 5.74) is 0. The Morgan fingerprint density at radius 3 is 1.31 bits per heavy atom. The number of carboxylic acid groups (broad SMARTS) is 1. The molecule has 0 aromatic rings. The highest BCUT2D eigenvalue weighted by Gasteiger charge is 2.14. The van der Waals surface area contributed by atoms with E-state index < -0.39 is 5.97 Å². The van der Waals surface area contributed by atoms with Crippen LogP contribution < -0.4 is 5.32 Å². The molecule has 0 radical (unpaired) electrons. The average Bonchev–Trinajstić information content (AvgIpc) is 3.08. The number of hydrogen-bond acceptors (Lipinski definition) is 4. The predicted molar refractivity (Wildman–Crippen MR) is 208 cm³/mol. The molecule has 0 aliphatic rings. The fourth-order valence-corrected chi connectivity index (χ4v) is 6.51. The molecule has 1 unspecified atom stereocenters. The Morgan fingerprint density at radius 1 is 0.510 bits per heavy atom. The van der Waals surface area contributed by atoms with Crippen LogP contribution in [0.25, 0.3) is 0 Å². The van der Waals surface area contributed by atoms with Crippen molar-refractivity contribution < 1.29 is 24.2 Å². The van der Waals surface area contributed by atoms with Crippen LogP contribution in [0, 0.1) is 0 Å². The van der Waals surface area contributed by atoms with E-state index in [2.05, 4.69) is 31.3 Å². The Bertz CT molecular complexity index is 767. The molecule has 0 aromatic carbocycles. The maximum atomic E-state index is 12.7. The molecule has 0 bridgehead atoms. The van der Waals surface area contributed by atoms with Crippen LogP contribution >= 0.6 is 0 Å². The lowest BCUT2D eigenvalue weighted by Crippen LogP contribution is -2.28. The van der Waals surface area contributed by atoms with Crippen molar-refractivity contribution in [3.8, 4) is 0 Å². The largest absolute Gasteiger partial charge is 0.480 e. The van der Waals surface area contributed by atoms with Crippen LogP contribution in [0.5, 0.6) is 0 Å². The van der Waals surface area contributed by atoms with Crippen molar-refractivity contribution in [2.45, 2.75) is 238 Å². The van der Waals surface area contributed by atoms with Gasteiger partial charge in [-0.1, -0.05) is 167 Å². The van der Waals surface area contributed by atoms with Crippen LogP contribution in [0.2, 0.25) is 0 Å². The van der Waals surface area contributed by atoms with Crippen molar-refractivity contribution in [2.75, 3.05) is 6.54 Å². The Hall–Kier alpha value is -1.85. The second-order valence-electron chi connectivity index (χ2n) is 14.6. The Balaban J connectivity index is 4.12. The number of esters is 1. The monoisotopic (exact) mass is 692 g/mol. The van der Waals surface area contributed by atoms with Gasteiger partial charge in [-0.2, -0.15) is 0 Å². The first-order chi connectivity index (χ1) is 24.0. The number of rotatable bonds is 39. The van der Waals surface area contributed by atoms with Crippen molar-refractivity contribution in [1.29, 1.82) is 0 Å². The molecule has 0 aliphatic heterocycles. The molecule has 288 valence electrons. The number of carboxylic acids is 1. The van der Waals surface area contributed by atoms with Crippen LogP contribution in [-0.4, -0.2) is 35.6 Å². The summed E-state index contributed by atoms with van der Waals surface area (Å²) in [5, 5.41) is 11.1.